The molecule has 0 saturated carbocycles. The smallest absolute Gasteiger partial charge is 0.251 e. The van der Waals surface area contributed by atoms with Crippen LogP contribution in [0.5, 0.6) is 0 Å². The Balaban J connectivity index is 1.76. The van der Waals surface area contributed by atoms with Gasteiger partial charge < -0.3 is 5.32 Å². The SMILES string of the molecule is CCCNC(=O)c1ccc(-c2nnc(-c3ncccn3)nn2)cc1. The molecule has 2 aromatic heterocycles. The standard InChI is InChI=1S/C16H15N7O/c1-2-8-19-16(24)12-6-4-11(5-7-12)13-20-22-15(23-21-13)14-17-9-3-10-18-14/h3-7,9-10H,2,8H2,1H3,(H,19,24). The fourth-order valence-electron chi connectivity index (χ4n) is 1.96. The second-order valence-electron chi connectivity index (χ2n) is 4.95. The van der Waals surface area contributed by atoms with Crippen molar-refractivity contribution in [3.05, 3.63) is 48.3 Å². The summed E-state index contributed by atoms with van der Waals surface area (Å²) in [5.41, 5.74) is 1.31. The highest BCUT2D eigenvalue weighted by Crippen LogP contribution is 2.15. The topological polar surface area (TPSA) is 106 Å². The minimum absolute atomic E-state index is 0.0999. The van der Waals surface area contributed by atoms with Crippen LogP contribution in [0.1, 0.15) is 23.7 Å². The van der Waals surface area contributed by atoms with E-state index in [-0.39, 0.29) is 11.7 Å². The maximum absolute atomic E-state index is 11.9. The number of carbonyl (C=O) groups excluding carboxylic acids is 1. The number of benzene rings is 1. The van der Waals surface area contributed by atoms with Crippen molar-refractivity contribution >= 4 is 5.91 Å². The Labute approximate surface area is 138 Å². The van der Waals surface area contributed by atoms with E-state index in [2.05, 4.69) is 35.7 Å². The quantitative estimate of drug-likeness (QED) is 0.759. The molecule has 0 radical (unpaired) electrons. The summed E-state index contributed by atoms with van der Waals surface area (Å²) in [6, 6.07) is 8.67. The normalized spacial score (nSPS) is 10.4. The summed E-state index contributed by atoms with van der Waals surface area (Å²) in [6.45, 7) is 2.66. The van der Waals surface area contributed by atoms with Crippen molar-refractivity contribution in [1.29, 1.82) is 0 Å². The molecule has 0 bridgehead atoms. The molecule has 0 aliphatic heterocycles. The van der Waals surface area contributed by atoms with Crippen LogP contribution in [0, 0.1) is 0 Å². The summed E-state index contributed by atoms with van der Waals surface area (Å²) in [5.74, 6) is 0.897. The molecule has 24 heavy (non-hydrogen) atoms. The highest BCUT2D eigenvalue weighted by molar-refractivity contribution is 5.94. The van der Waals surface area contributed by atoms with Gasteiger partial charge >= 0.3 is 0 Å². The first-order valence-electron chi connectivity index (χ1n) is 7.51. The molecule has 1 aromatic carbocycles. The lowest BCUT2D eigenvalue weighted by molar-refractivity contribution is 0.0953. The predicted octanol–water partition coefficient (Wildman–Crippen LogP) is 1.53. The van der Waals surface area contributed by atoms with Crippen molar-refractivity contribution in [2.75, 3.05) is 6.54 Å². The number of hydrogen-bond acceptors (Lipinski definition) is 7. The molecule has 0 aliphatic carbocycles. The van der Waals surface area contributed by atoms with E-state index >= 15 is 0 Å². The fourth-order valence-corrected chi connectivity index (χ4v) is 1.96. The van der Waals surface area contributed by atoms with Crippen LogP contribution in [0.15, 0.2) is 42.7 Å². The third kappa shape index (κ3) is 3.54. The molecule has 0 spiro atoms. The first-order valence-corrected chi connectivity index (χ1v) is 7.51. The first kappa shape index (κ1) is 15.6. The van der Waals surface area contributed by atoms with E-state index in [0.29, 0.717) is 23.8 Å². The van der Waals surface area contributed by atoms with Gasteiger partial charge in [-0.05, 0) is 24.6 Å². The second-order valence-corrected chi connectivity index (χ2v) is 4.95. The molecular weight excluding hydrogens is 306 g/mol. The zero-order valence-electron chi connectivity index (χ0n) is 13.0. The average Bonchev–Trinajstić information content (AvgIpc) is 2.67. The fraction of sp³-hybridized carbons (Fsp3) is 0.188. The van der Waals surface area contributed by atoms with Crippen LogP contribution < -0.4 is 5.32 Å². The van der Waals surface area contributed by atoms with Gasteiger partial charge in [-0.1, -0.05) is 19.1 Å². The van der Waals surface area contributed by atoms with Crippen molar-refractivity contribution in [2.45, 2.75) is 13.3 Å². The Morgan fingerprint density at radius 3 is 2.17 bits per heavy atom. The summed E-state index contributed by atoms with van der Waals surface area (Å²) in [6.07, 6.45) is 4.09. The summed E-state index contributed by atoms with van der Waals surface area (Å²) >= 11 is 0. The van der Waals surface area contributed by atoms with E-state index in [4.69, 9.17) is 0 Å². The monoisotopic (exact) mass is 321 g/mol. The van der Waals surface area contributed by atoms with Gasteiger partial charge in [0, 0.05) is 30.1 Å². The molecule has 0 atom stereocenters. The summed E-state index contributed by atoms with van der Waals surface area (Å²) in [4.78, 5) is 20.0. The molecule has 0 fully saturated rings. The van der Waals surface area contributed by atoms with E-state index in [9.17, 15) is 4.79 Å². The maximum atomic E-state index is 11.9. The first-order chi connectivity index (χ1) is 11.8. The number of carbonyl (C=O) groups is 1. The van der Waals surface area contributed by atoms with E-state index in [1.165, 1.54) is 0 Å². The largest absolute Gasteiger partial charge is 0.352 e. The molecule has 3 rings (SSSR count). The van der Waals surface area contributed by atoms with E-state index in [1.807, 2.05) is 6.92 Å². The van der Waals surface area contributed by atoms with E-state index < -0.39 is 0 Å². The molecule has 120 valence electrons. The third-order valence-corrected chi connectivity index (χ3v) is 3.19. The average molecular weight is 321 g/mol. The number of hydrogen-bond donors (Lipinski definition) is 1. The minimum atomic E-state index is -0.0999. The van der Waals surface area contributed by atoms with Crippen LogP contribution >= 0.6 is 0 Å². The molecule has 1 amide bonds. The Kier molecular flexibility index (Phi) is 4.76. The van der Waals surface area contributed by atoms with Crippen molar-refractivity contribution in [2.24, 2.45) is 0 Å². The van der Waals surface area contributed by atoms with E-state index in [0.717, 1.165) is 12.0 Å². The van der Waals surface area contributed by atoms with E-state index in [1.54, 1.807) is 42.7 Å². The van der Waals surface area contributed by atoms with Gasteiger partial charge in [0.1, 0.15) is 0 Å². The highest BCUT2D eigenvalue weighted by Gasteiger charge is 2.09. The minimum Gasteiger partial charge on any atom is -0.352 e. The molecule has 2 heterocycles. The van der Waals surface area contributed by atoms with Crippen molar-refractivity contribution in [3.8, 4) is 23.0 Å². The van der Waals surface area contributed by atoms with Crippen molar-refractivity contribution in [1.82, 2.24) is 35.7 Å². The second kappa shape index (κ2) is 7.32. The predicted molar refractivity (Wildman–Crippen MR) is 86.7 cm³/mol. The lowest BCUT2D eigenvalue weighted by Crippen LogP contribution is -2.23. The van der Waals surface area contributed by atoms with Crippen LogP contribution in [0.25, 0.3) is 23.0 Å². The molecule has 8 nitrogen and oxygen atoms in total. The number of aromatic nitrogens is 6. The Morgan fingerprint density at radius 2 is 1.54 bits per heavy atom. The summed E-state index contributed by atoms with van der Waals surface area (Å²) < 4.78 is 0. The Hall–Kier alpha value is -3.29. The molecular formula is C16H15N7O. The van der Waals surface area contributed by atoms with Gasteiger partial charge in [-0.25, -0.2) is 9.97 Å². The molecule has 3 aromatic rings. The highest BCUT2D eigenvalue weighted by atomic mass is 16.1. The van der Waals surface area contributed by atoms with Crippen LogP contribution in [0.4, 0.5) is 0 Å². The van der Waals surface area contributed by atoms with Gasteiger partial charge in [-0.2, -0.15) is 0 Å². The lowest BCUT2D eigenvalue weighted by Gasteiger charge is -2.04. The molecule has 0 saturated heterocycles. The van der Waals surface area contributed by atoms with Crippen molar-refractivity contribution in [3.63, 3.8) is 0 Å². The van der Waals surface area contributed by atoms with Crippen LogP contribution in [0.2, 0.25) is 0 Å². The van der Waals surface area contributed by atoms with Gasteiger partial charge in [-0.3, -0.25) is 4.79 Å². The third-order valence-electron chi connectivity index (χ3n) is 3.19. The zero-order valence-corrected chi connectivity index (χ0v) is 13.0. The number of rotatable bonds is 5. The van der Waals surface area contributed by atoms with Gasteiger partial charge in [0.2, 0.25) is 17.5 Å². The van der Waals surface area contributed by atoms with Gasteiger partial charge in [0.05, 0.1) is 0 Å². The van der Waals surface area contributed by atoms with Crippen molar-refractivity contribution < 1.29 is 4.79 Å². The summed E-state index contributed by atoms with van der Waals surface area (Å²) in [5, 5.41) is 18.9. The molecule has 0 aliphatic rings. The zero-order chi connectivity index (χ0) is 16.8. The Morgan fingerprint density at radius 1 is 0.917 bits per heavy atom. The number of amides is 1. The van der Waals surface area contributed by atoms with Crippen LogP contribution in [-0.4, -0.2) is 42.8 Å². The van der Waals surface area contributed by atoms with Gasteiger partial charge in [-0.15, -0.1) is 20.4 Å². The molecule has 0 unspecified atom stereocenters. The van der Waals surface area contributed by atoms with Crippen LogP contribution in [0.3, 0.4) is 0 Å². The van der Waals surface area contributed by atoms with Gasteiger partial charge in [0.15, 0.2) is 0 Å². The number of nitrogens with one attached hydrogen (secondary N) is 1. The lowest BCUT2D eigenvalue weighted by atomic mass is 10.1. The Bertz CT molecular complexity index is 804. The van der Waals surface area contributed by atoms with Gasteiger partial charge in [0.25, 0.3) is 5.91 Å². The van der Waals surface area contributed by atoms with Crippen LogP contribution in [-0.2, 0) is 0 Å². The number of nitrogens with zero attached hydrogens (tertiary/aromatic N) is 6. The molecule has 8 heteroatoms. The maximum Gasteiger partial charge on any atom is 0.251 e. The summed E-state index contributed by atoms with van der Waals surface area (Å²) in [7, 11) is 0. The molecule has 1 N–H and O–H groups in total.